The van der Waals surface area contributed by atoms with Gasteiger partial charge in [0.05, 0.1) is 6.20 Å². The molecule has 6 heteroatoms. The minimum Gasteiger partial charge on any atom is -0.308 e. The molecule has 1 aliphatic carbocycles. The SMILES string of the molecule is O=C(Nc1cn[nH]n1)[C@@H]1C[C@H]1c1ccsc1. The number of amides is 1. The van der Waals surface area contributed by atoms with Crippen LogP contribution in [0, 0.1) is 5.92 Å². The van der Waals surface area contributed by atoms with Gasteiger partial charge in [-0.3, -0.25) is 4.79 Å². The molecule has 1 fully saturated rings. The van der Waals surface area contributed by atoms with Crippen LogP contribution in [0.1, 0.15) is 17.9 Å². The largest absolute Gasteiger partial charge is 0.308 e. The maximum atomic E-state index is 11.8. The second-order valence-corrected chi connectivity index (χ2v) is 4.63. The lowest BCUT2D eigenvalue weighted by atomic mass is 10.2. The first-order valence-corrected chi connectivity index (χ1v) is 5.97. The van der Waals surface area contributed by atoms with Crippen LogP contribution in [0.15, 0.2) is 23.0 Å². The number of hydrogen-bond donors (Lipinski definition) is 2. The molecule has 1 saturated carbocycles. The van der Waals surface area contributed by atoms with Gasteiger partial charge in [0.25, 0.3) is 0 Å². The number of carbonyl (C=O) groups excluding carboxylic acids is 1. The van der Waals surface area contributed by atoms with Crippen LogP contribution < -0.4 is 5.32 Å². The van der Waals surface area contributed by atoms with Crippen molar-refractivity contribution >= 4 is 23.1 Å². The Kier molecular flexibility index (Phi) is 2.21. The van der Waals surface area contributed by atoms with Crippen LogP contribution in [0.3, 0.4) is 0 Å². The monoisotopic (exact) mass is 234 g/mol. The zero-order valence-electron chi connectivity index (χ0n) is 8.38. The van der Waals surface area contributed by atoms with E-state index in [0.717, 1.165) is 6.42 Å². The lowest BCUT2D eigenvalue weighted by Crippen LogP contribution is -2.14. The summed E-state index contributed by atoms with van der Waals surface area (Å²) in [6.45, 7) is 0. The van der Waals surface area contributed by atoms with Gasteiger partial charge in [-0.2, -0.15) is 21.6 Å². The molecule has 0 spiro atoms. The molecule has 2 N–H and O–H groups in total. The summed E-state index contributed by atoms with van der Waals surface area (Å²) >= 11 is 1.67. The van der Waals surface area contributed by atoms with Crippen LogP contribution in [-0.2, 0) is 4.79 Å². The fourth-order valence-corrected chi connectivity index (χ4v) is 2.54. The predicted octanol–water partition coefficient (Wildman–Crippen LogP) is 1.61. The number of aromatic amines is 1. The minimum absolute atomic E-state index is 0.0325. The molecule has 82 valence electrons. The average Bonchev–Trinajstić information content (AvgIpc) is 2.71. The number of anilines is 1. The van der Waals surface area contributed by atoms with Gasteiger partial charge >= 0.3 is 0 Å². The van der Waals surface area contributed by atoms with Crippen LogP contribution >= 0.6 is 11.3 Å². The number of thiophene rings is 1. The Bertz CT molecular complexity index is 479. The van der Waals surface area contributed by atoms with E-state index in [0.29, 0.717) is 11.7 Å². The van der Waals surface area contributed by atoms with E-state index in [-0.39, 0.29) is 11.8 Å². The molecule has 0 aromatic carbocycles. The van der Waals surface area contributed by atoms with Crippen molar-refractivity contribution in [3.63, 3.8) is 0 Å². The summed E-state index contributed by atoms with van der Waals surface area (Å²) in [5, 5.41) is 16.8. The molecule has 0 bridgehead atoms. The summed E-state index contributed by atoms with van der Waals surface area (Å²) in [5.74, 6) is 0.996. The van der Waals surface area contributed by atoms with Gasteiger partial charge in [-0.1, -0.05) is 0 Å². The third kappa shape index (κ3) is 1.71. The van der Waals surface area contributed by atoms with Crippen LogP contribution in [0.4, 0.5) is 5.82 Å². The number of nitrogens with one attached hydrogen (secondary N) is 2. The van der Waals surface area contributed by atoms with Crippen molar-refractivity contribution in [3.8, 4) is 0 Å². The molecule has 2 heterocycles. The molecular formula is C10H10N4OS. The van der Waals surface area contributed by atoms with E-state index in [1.54, 1.807) is 11.3 Å². The molecule has 2 aromatic rings. The van der Waals surface area contributed by atoms with E-state index in [1.807, 2.05) is 5.38 Å². The number of rotatable bonds is 3. The Morgan fingerprint density at radius 2 is 2.56 bits per heavy atom. The maximum Gasteiger partial charge on any atom is 0.229 e. The highest BCUT2D eigenvalue weighted by Crippen LogP contribution is 2.48. The summed E-state index contributed by atoms with van der Waals surface area (Å²) in [4.78, 5) is 11.8. The number of aromatic nitrogens is 3. The third-order valence-electron chi connectivity index (χ3n) is 2.76. The van der Waals surface area contributed by atoms with Crippen LogP contribution in [0.5, 0.6) is 0 Å². The Balaban J connectivity index is 1.62. The van der Waals surface area contributed by atoms with Crippen molar-refractivity contribution in [2.45, 2.75) is 12.3 Å². The quantitative estimate of drug-likeness (QED) is 0.847. The average molecular weight is 234 g/mol. The molecule has 0 unspecified atom stereocenters. The summed E-state index contributed by atoms with van der Waals surface area (Å²) in [6, 6.07) is 2.08. The van der Waals surface area contributed by atoms with E-state index in [9.17, 15) is 4.79 Å². The number of carbonyl (C=O) groups is 1. The second kappa shape index (κ2) is 3.71. The second-order valence-electron chi connectivity index (χ2n) is 3.85. The third-order valence-corrected chi connectivity index (χ3v) is 3.47. The Hall–Kier alpha value is -1.69. The first-order chi connectivity index (χ1) is 7.84. The van der Waals surface area contributed by atoms with Crippen LogP contribution in [0.25, 0.3) is 0 Å². The van der Waals surface area contributed by atoms with Crippen molar-refractivity contribution < 1.29 is 4.79 Å². The molecule has 16 heavy (non-hydrogen) atoms. The summed E-state index contributed by atoms with van der Waals surface area (Å²) in [7, 11) is 0. The lowest BCUT2D eigenvalue weighted by Gasteiger charge is -1.99. The molecule has 0 saturated heterocycles. The number of nitrogens with zero attached hydrogens (tertiary/aromatic N) is 2. The minimum atomic E-state index is 0.0325. The summed E-state index contributed by atoms with van der Waals surface area (Å²) < 4.78 is 0. The maximum absolute atomic E-state index is 11.8. The highest BCUT2D eigenvalue weighted by atomic mass is 32.1. The van der Waals surface area contributed by atoms with Crippen LogP contribution in [-0.4, -0.2) is 21.3 Å². The van der Waals surface area contributed by atoms with Gasteiger partial charge in [0, 0.05) is 5.92 Å². The van der Waals surface area contributed by atoms with Crippen molar-refractivity contribution in [1.82, 2.24) is 15.4 Å². The molecule has 1 amide bonds. The van der Waals surface area contributed by atoms with E-state index in [1.165, 1.54) is 11.8 Å². The van der Waals surface area contributed by atoms with E-state index in [4.69, 9.17) is 0 Å². The molecule has 1 aliphatic rings. The highest BCUT2D eigenvalue weighted by molar-refractivity contribution is 7.08. The Labute approximate surface area is 95.9 Å². The highest BCUT2D eigenvalue weighted by Gasteiger charge is 2.44. The molecule has 2 atom stereocenters. The van der Waals surface area contributed by atoms with Crippen molar-refractivity contribution in [1.29, 1.82) is 0 Å². The fourth-order valence-electron chi connectivity index (χ4n) is 1.82. The van der Waals surface area contributed by atoms with Gasteiger partial charge in [-0.05, 0) is 34.7 Å². The topological polar surface area (TPSA) is 70.7 Å². The first kappa shape index (κ1) is 9.53. The van der Waals surface area contributed by atoms with Gasteiger partial charge in [0.15, 0.2) is 5.82 Å². The van der Waals surface area contributed by atoms with Crippen molar-refractivity contribution in [3.05, 3.63) is 28.6 Å². The van der Waals surface area contributed by atoms with Gasteiger partial charge < -0.3 is 5.32 Å². The van der Waals surface area contributed by atoms with Crippen molar-refractivity contribution in [2.24, 2.45) is 5.92 Å². The van der Waals surface area contributed by atoms with Gasteiger partial charge in [0.2, 0.25) is 5.91 Å². The Morgan fingerprint density at radius 3 is 3.25 bits per heavy atom. The van der Waals surface area contributed by atoms with E-state index in [2.05, 4.69) is 32.2 Å². The Morgan fingerprint density at radius 1 is 1.62 bits per heavy atom. The van der Waals surface area contributed by atoms with Gasteiger partial charge in [-0.15, -0.1) is 5.10 Å². The molecule has 2 aromatic heterocycles. The molecule has 5 nitrogen and oxygen atoms in total. The normalized spacial score (nSPS) is 23.0. The molecule has 0 aliphatic heterocycles. The predicted molar refractivity (Wildman–Crippen MR) is 60.2 cm³/mol. The van der Waals surface area contributed by atoms with Gasteiger partial charge in [0.1, 0.15) is 0 Å². The number of H-pyrrole nitrogens is 1. The summed E-state index contributed by atoms with van der Waals surface area (Å²) in [5.41, 5.74) is 1.27. The molecular weight excluding hydrogens is 224 g/mol. The van der Waals surface area contributed by atoms with Crippen LogP contribution in [0.2, 0.25) is 0 Å². The smallest absolute Gasteiger partial charge is 0.229 e. The van der Waals surface area contributed by atoms with Crippen molar-refractivity contribution in [2.75, 3.05) is 5.32 Å². The first-order valence-electron chi connectivity index (χ1n) is 5.03. The number of hydrogen-bond acceptors (Lipinski definition) is 4. The molecule has 0 radical (unpaired) electrons. The standard InChI is InChI=1S/C10H10N4OS/c15-10(12-9-4-11-14-13-9)8-3-7(8)6-1-2-16-5-6/h1-2,4-5,7-8H,3H2,(H2,11,12,13,14,15)/t7-,8+/m0/s1. The van der Waals surface area contributed by atoms with Gasteiger partial charge in [-0.25, -0.2) is 0 Å². The molecule has 3 rings (SSSR count). The zero-order valence-corrected chi connectivity index (χ0v) is 9.20. The van der Waals surface area contributed by atoms with E-state index >= 15 is 0 Å². The fraction of sp³-hybridized carbons (Fsp3) is 0.300. The lowest BCUT2D eigenvalue weighted by molar-refractivity contribution is -0.117. The summed E-state index contributed by atoms with van der Waals surface area (Å²) in [6.07, 6.45) is 2.43. The van der Waals surface area contributed by atoms with E-state index < -0.39 is 0 Å². The zero-order chi connectivity index (χ0) is 11.0.